The average molecular weight is 827 g/mol. The second-order valence-corrected chi connectivity index (χ2v) is 17.0. The summed E-state index contributed by atoms with van der Waals surface area (Å²) in [6, 6.07) is 0. The molecule has 5 atom stereocenters. The number of esters is 2. The molecule has 0 spiro atoms. The third-order valence-electron chi connectivity index (χ3n) is 10.5. The molecule has 330 valence electrons. The zero-order chi connectivity index (χ0) is 42.0. The van der Waals surface area contributed by atoms with Gasteiger partial charge in [-0.3, -0.25) is 18.9 Å². The fraction of sp³-hybridized carbons (Fsp3) is 0.800. The molecule has 0 aromatic heterocycles. The van der Waals surface area contributed by atoms with E-state index in [1.54, 1.807) is 12.2 Å². The van der Waals surface area contributed by atoms with Crippen LogP contribution < -0.4 is 0 Å². The van der Waals surface area contributed by atoms with Gasteiger partial charge in [-0.15, -0.1) is 0 Å². The van der Waals surface area contributed by atoms with Crippen molar-refractivity contribution >= 4 is 25.5 Å². The molecular weight excluding hydrogens is 747 g/mol. The van der Waals surface area contributed by atoms with E-state index in [4.69, 9.17) is 19.3 Å². The van der Waals surface area contributed by atoms with E-state index < -0.39 is 44.7 Å². The maximum absolute atomic E-state index is 12.5. The lowest BCUT2D eigenvalue weighted by atomic mass is 9.90. The first-order valence-electron chi connectivity index (χ1n) is 22.4. The highest BCUT2D eigenvalue weighted by Crippen LogP contribution is 2.36. The summed E-state index contributed by atoms with van der Waals surface area (Å²) >= 11 is 0. The van der Waals surface area contributed by atoms with Gasteiger partial charge < -0.3 is 29.5 Å². The number of carbonyl (C=O) groups is 3. The number of carbonyl (C=O) groups excluding carboxylic acids is 3. The second kappa shape index (κ2) is 34.7. The van der Waals surface area contributed by atoms with Crippen LogP contribution >= 0.6 is 7.82 Å². The normalized spacial score (nSPS) is 18.6. The predicted molar refractivity (Wildman–Crippen MR) is 226 cm³/mol. The van der Waals surface area contributed by atoms with Crippen molar-refractivity contribution in [1.82, 2.24) is 0 Å². The summed E-state index contributed by atoms with van der Waals surface area (Å²) in [6.07, 6.45) is 35.1. The Hall–Kier alpha value is -2.14. The van der Waals surface area contributed by atoms with Crippen LogP contribution in [0.15, 0.2) is 36.5 Å². The van der Waals surface area contributed by atoms with Gasteiger partial charge in [0.05, 0.1) is 18.8 Å². The number of aliphatic hydroxyl groups is 2. The van der Waals surface area contributed by atoms with Gasteiger partial charge in [-0.05, 0) is 57.8 Å². The molecule has 1 saturated carbocycles. The van der Waals surface area contributed by atoms with Crippen LogP contribution in [0.1, 0.15) is 187 Å². The summed E-state index contributed by atoms with van der Waals surface area (Å²) in [5, 5.41) is 20.6. The second-order valence-electron chi connectivity index (χ2n) is 15.8. The van der Waals surface area contributed by atoms with Gasteiger partial charge in [-0.1, -0.05) is 147 Å². The number of aliphatic hydroxyl groups excluding tert-OH is 2. The fourth-order valence-electron chi connectivity index (χ4n) is 7.05. The summed E-state index contributed by atoms with van der Waals surface area (Å²) in [5.74, 6) is -1.80. The Labute approximate surface area is 344 Å². The van der Waals surface area contributed by atoms with Gasteiger partial charge in [-0.2, -0.15) is 0 Å². The molecule has 12 heteroatoms. The lowest BCUT2D eigenvalue weighted by Crippen LogP contribution is -2.29. The molecule has 0 unspecified atom stereocenters. The van der Waals surface area contributed by atoms with Gasteiger partial charge >= 0.3 is 19.8 Å². The minimum atomic E-state index is -4.82. The van der Waals surface area contributed by atoms with Crippen molar-refractivity contribution in [2.45, 2.75) is 206 Å². The monoisotopic (exact) mass is 827 g/mol. The molecule has 1 rings (SSSR count). The van der Waals surface area contributed by atoms with Crippen LogP contribution in [0.5, 0.6) is 0 Å². The van der Waals surface area contributed by atoms with E-state index in [-0.39, 0.29) is 43.5 Å². The molecular formula is C45H79O11P. The third kappa shape index (κ3) is 30.5. The van der Waals surface area contributed by atoms with Crippen LogP contribution in [-0.4, -0.2) is 69.2 Å². The Morgan fingerprint density at radius 3 is 1.86 bits per heavy atom. The van der Waals surface area contributed by atoms with Crippen LogP contribution in [0.25, 0.3) is 0 Å². The summed E-state index contributed by atoms with van der Waals surface area (Å²) < 4.78 is 26.4. The first-order valence-corrected chi connectivity index (χ1v) is 23.9. The Balaban J connectivity index is 2.24. The molecule has 0 bridgehead atoms. The van der Waals surface area contributed by atoms with Crippen molar-refractivity contribution in [3.63, 3.8) is 0 Å². The number of rotatable bonds is 37. The molecule has 0 heterocycles. The van der Waals surface area contributed by atoms with Crippen molar-refractivity contribution in [2.24, 2.45) is 11.8 Å². The molecule has 1 aliphatic carbocycles. The number of phosphoric acid groups is 1. The Bertz CT molecular complexity index is 1180. The van der Waals surface area contributed by atoms with Crippen LogP contribution in [0.2, 0.25) is 0 Å². The Morgan fingerprint density at radius 1 is 0.719 bits per heavy atom. The molecule has 57 heavy (non-hydrogen) atoms. The van der Waals surface area contributed by atoms with E-state index in [1.807, 2.05) is 12.2 Å². The van der Waals surface area contributed by atoms with Gasteiger partial charge in [0.1, 0.15) is 12.4 Å². The number of phosphoric ester groups is 1. The highest BCUT2D eigenvalue weighted by atomic mass is 31.2. The summed E-state index contributed by atoms with van der Waals surface area (Å²) in [6.45, 7) is 3.36. The molecule has 0 aromatic rings. The first-order chi connectivity index (χ1) is 27.5. The predicted octanol–water partition coefficient (Wildman–Crippen LogP) is 10.3. The third-order valence-corrected chi connectivity index (χ3v) is 11.0. The van der Waals surface area contributed by atoms with Crippen LogP contribution in [0, 0.1) is 11.8 Å². The maximum Gasteiger partial charge on any atom is 0.469 e. The lowest BCUT2D eigenvalue weighted by Gasteiger charge is -2.18. The van der Waals surface area contributed by atoms with Crippen molar-refractivity contribution in [2.75, 3.05) is 13.2 Å². The number of Topliss-reactive ketones (excluding diaryl/α,β-unsaturated/α-hetero) is 1. The number of ether oxygens (including phenoxy) is 2. The van der Waals surface area contributed by atoms with E-state index in [1.165, 1.54) is 83.5 Å². The minimum absolute atomic E-state index is 0.00660. The van der Waals surface area contributed by atoms with Crippen LogP contribution in [0.4, 0.5) is 0 Å². The molecule has 11 nitrogen and oxygen atoms in total. The van der Waals surface area contributed by atoms with E-state index in [0.717, 1.165) is 38.5 Å². The highest BCUT2D eigenvalue weighted by Gasteiger charge is 2.39. The summed E-state index contributed by atoms with van der Waals surface area (Å²) in [4.78, 5) is 55.6. The summed E-state index contributed by atoms with van der Waals surface area (Å²) in [7, 11) is -4.82. The van der Waals surface area contributed by atoms with E-state index in [9.17, 15) is 29.2 Å². The van der Waals surface area contributed by atoms with Gasteiger partial charge in [0.25, 0.3) is 0 Å². The Morgan fingerprint density at radius 2 is 1.25 bits per heavy atom. The van der Waals surface area contributed by atoms with Crippen LogP contribution in [0.3, 0.4) is 0 Å². The first kappa shape index (κ1) is 52.9. The number of hydrogen-bond donors (Lipinski definition) is 4. The number of hydrogen-bond acceptors (Lipinski definition) is 9. The van der Waals surface area contributed by atoms with Gasteiger partial charge in [0.15, 0.2) is 6.10 Å². The maximum atomic E-state index is 12.5. The lowest BCUT2D eigenvalue weighted by molar-refractivity contribution is -0.161. The molecule has 1 aliphatic rings. The van der Waals surface area contributed by atoms with E-state index in [2.05, 4.69) is 30.5 Å². The number of ketones is 1. The van der Waals surface area contributed by atoms with Crippen molar-refractivity contribution in [3.8, 4) is 0 Å². The van der Waals surface area contributed by atoms with Crippen molar-refractivity contribution in [3.05, 3.63) is 36.5 Å². The van der Waals surface area contributed by atoms with E-state index in [0.29, 0.717) is 32.1 Å². The zero-order valence-electron chi connectivity index (χ0n) is 35.5. The van der Waals surface area contributed by atoms with Crippen molar-refractivity contribution in [1.29, 1.82) is 0 Å². The molecule has 4 N–H and O–H groups in total. The van der Waals surface area contributed by atoms with Crippen molar-refractivity contribution < 1.29 is 52.9 Å². The molecule has 0 saturated heterocycles. The number of unbranched alkanes of at least 4 members (excludes halogenated alkanes) is 18. The quantitative estimate of drug-likeness (QED) is 0.0203. The zero-order valence-corrected chi connectivity index (χ0v) is 36.3. The topological polar surface area (TPSA) is 177 Å². The molecule has 0 amide bonds. The van der Waals surface area contributed by atoms with E-state index >= 15 is 0 Å². The SMILES string of the molecule is CCCCCCCC/C=C\CCCCCCCCCCCC(=O)O[C@H](COC(=O)CCC/C=C\C[C@H]1C(=O)C[C@@H](O)[C@@H]1/C=C/[C@@H](O)CCCCC)COP(=O)(O)O. The highest BCUT2D eigenvalue weighted by molar-refractivity contribution is 7.46. The van der Waals surface area contributed by atoms with Gasteiger partial charge in [0.2, 0.25) is 0 Å². The Kier molecular flexibility index (Phi) is 32.2. The summed E-state index contributed by atoms with van der Waals surface area (Å²) in [5.41, 5.74) is 0. The van der Waals surface area contributed by atoms with Crippen LogP contribution in [-0.2, 0) is 32.9 Å². The van der Waals surface area contributed by atoms with Gasteiger partial charge in [-0.25, -0.2) is 4.57 Å². The fourth-order valence-corrected chi connectivity index (χ4v) is 7.42. The molecule has 0 radical (unpaired) electrons. The van der Waals surface area contributed by atoms with Gasteiger partial charge in [0, 0.05) is 31.1 Å². The number of allylic oxidation sites excluding steroid dienone is 4. The standard InChI is InChI=1S/C45H79O11P/c1-3-5-7-8-9-10-11-12-13-14-15-16-17-18-19-20-21-22-28-32-45(50)56-39(37-55-57(51,52)53)36-54-44(49)31-27-24-23-26-30-40-41(43(48)35-42(40)47)34-33-38(46)29-25-6-4-2/h12-13,23,26,33-34,38-41,43,46,48H,3-11,14-22,24-25,27-32,35-37H2,1-2H3,(H2,51,52,53)/b13-12-,26-23-,34-33+/t38-,39+,40+,41+,43+/m0/s1. The minimum Gasteiger partial charge on any atom is -0.462 e. The largest absolute Gasteiger partial charge is 0.469 e. The molecule has 1 fully saturated rings. The molecule has 0 aliphatic heterocycles. The smallest absolute Gasteiger partial charge is 0.462 e. The average Bonchev–Trinajstić information content (AvgIpc) is 3.44. The molecule has 0 aromatic carbocycles.